The summed E-state index contributed by atoms with van der Waals surface area (Å²) >= 11 is 0. The topological polar surface area (TPSA) is 57.2 Å². The number of hydrogen-bond donors (Lipinski definition) is 0. The van der Waals surface area contributed by atoms with Crippen molar-refractivity contribution >= 4 is 5.52 Å². The van der Waals surface area contributed by atoms with Crippen molar-refractivity contribution in [2.75, 3.05) is 6.54 Å². The fraction of sp³-hybridized carbons (Fsp3) is 0.235. The zero-order valence-electron chi connectivity index (χ0n) is 12.1. The summed E-state index contributed by atoms with van der Waals surface area (Å²) in [5, 5.41) is 9.49. The van der Waals surface area contributed by atoms with Crippen molar-refractivity contribution in [2.24, 2.45) is 0 Å². The first-order valence-corrected chi connectivity index (χ1v) is 7.34. The van der Waals surface area contributed by atoms with Gasteiger partial charge in [-0.05, 0) is 24.1 Å². The molecule has 3 aromatic rings. The van der Waals surface area contributed by atoms with Gasteiger partial charge in [0.05, 0.1) is 16.8 Å². The van der Waals surface area contributed by atoms with Gasteiger partial charge in [-0.15, -0.1) is 0 Å². The van der Waals surface area contributed by atoms with E-state index in [4.69, 9.17) is 0 Å². The highest BCUT2D eigenvalue weighted by Crippen LogP contribution is 2.22. The molecule has 22 heavy (non-hydrogen) atoms. The number of nitriles is 1. The van der Waals surface area contributed by atoms with Gasteiger partial charge in [-0.1, -0.05) is 6.07 Å². The van der Waals surface area contributed by atoms with E-state index in [0.29, 0.717) is 0 Å². The van der Waals surface area contributed by atoms with E-state index in [1.807, 2.05) is 35.0 Å². The first-order valence-electron chi connectivity index (χ1n) is 7.34. The summed E-state index contributed by atoms with van der Waals surface area (Å²) in [6.07, 6.45) is 8.52. The van der Waals surface area contributed by atoms with Crippen LogP contribution in [-0.4, -0.2) is 25.8 Å². The van der Waals surface area contributed by atoms with Crippen LogP contribution < -0.4 is 0 Å². The Balaban J connectivity index is 1.64. The second kappa shape index (κ2) is 5.24. The van der Waals surface area contributed by atoms with E-state index in [1.165, 1.54) is 5.56 Å². The molecule has 0 aliphatic carbocycles. The lowest BCUT2D eigenvalue weighted by atomic mass is 10.1. The maximum absolute atomic E-state index is 9.49. The van der Waals surface area contributed by atoms with E-state index in [-0.39, 0.29) is 0 Å². The van der Waals surface area contributed by atoms with Gasteiger partial charge in [0, 0.05) is 43.8 Å². The number of hydrogen-bond acceptors (Lipinski definition) is 4. The molecular weight excluding hydrogens is 274 g/mol. The van der Waals surface area contributed by atoms with Crippen LogP contribution in [0.15, 0.2) is 43.1 Å². The van der Waals surface area contributed by atoms with Crippen LogP contribution in [0.4, 0.5) is 0 Å². The summed E-state index contributed by atoms with van der Waals surface area (Å²) in [6, 6.07) is 8.29. The lowest BCUT2D eigenvalue weighted by Gasteiger charge is -2.27. The second-order valence-corrected chi connectivity index (χ2v) is 5.59. The number of rotatable bonds is 2. The van der Waals surface area contributed by atoms with E-state index < -0.39 is 0 Å². The zero-order chi connectivity index (χ0) is 14.9. The summed E-state index contributed by atoms with van der Waals surface area (Å²) in [5.41, 5.74) is 5.16. The van der Waals surface area contributed by atoms with Crippen molar-refractivity contribution in [3.8, 4) is 6.07 Å². The van der Waals surface area contributed by atoms with Crippen LogP contribution in [0.25, 0.3) is 5.52 Å². The standard InChI is InChI=1S/C17H15N5/c18-7-15-14(10-22-5-2-1-3-17(15)22)9-21-6-4-13-8-19-12-20-16(13)11-21/h1-3,5,8,10,12H,4,6,9,11H2. The average molecular weight is 289 g/mol. The first-order chi connectivity index (χ1) is 10.8. The summed E-state index contributed by atoms with van der Waals surface area (Å²) in [4.78, 5) is 10.8. The van der Waals surface area contributed by atoms with Crippen LogP contribution in [0.5, 0.6) is 0 Å². The molecule has 4 heterocycles. The minimum absolute atomic E-state index is 0.772. The monoisotopic (exact) mass is 289 g/mol. The maximum Gasteiger partial charge on any atom is 0.115 e. The van der Waals surface area contributed by atoms with Crippen molar-refractivity contribution in [3.63, 3.8) is 0 Å². The number of aromatic nitrogens is 3. The molecule has 0 N–H and O–H groups in total. The molecule has 0 aromatic carbocycles. The molecule has 3 aromatic heterocycles. The molecule has 0 radical (unpaired) electrons. The molecule has 4 rings (SSSR count). The summed E-state index contributed by atoms with van der Waals surface area (Å²) in [7, 11) is 0. The molecule has 0 saturated carbocycles. The average Bonchev–Trinajstić information content (AvgIpc) is 2.91. The Bertz CT molecular complexity index is 874. The quantitative estimate of drug-likeness (QED) is 0.725. The second-order valence-electron chi connectivity index (χ2n) is 5.59. The smallest absolute Gasteiger partial charge is 0.115 e. The van der Waals surface area contributed by atoms with Crippen LogP contribution in [0, 0.1) is 11.3 Å². The highest BCUT2D eigenvalue weighted by molar-refractivity contribution is 5.65. The van der Waals surface area contributed by atoms with Gasteiger partial charge in [-0.3, -0.25) is 4.90 Å². The molecule has 0 bridgehead atoms. The minimum Gasteiger partial charge on any atom is -0.322 e. The third-order valence-electron chi connectivity index (χ3n) is 4.22. The first kappa shape index (κ1) is 13.0. The van der Waals surface area contributed by atoms with E-state index in [2.05, 4.69) is 27.1 Å². The van der Waals surface area contributed by atoms with Crippen molar-refractivity contribution in [1.29, 1.82) is 5.26 Å². The molecule has 5 nitrogen and oxygen atoms in total. The lowest BCUT2D eigenvalue weighted by Crippen LogP contribution is -2.30. The third-order valence-corrected chi connectivity index (χ3v) is 4.22. The highest BCUT2D eigenvalue weighted by Gasteiger charge is 2.19. The minimum atomic E-state index is 0.772. The third kappa shape index (κ3) is 2.14. The molecule has 0 amide bonds. The number of fused-ring (bicyclic) bond motifs is 2. The fourth-order valence-corrected chi connectivity index (χ4v) is 3.11. The highest BCUT2D eigenvalue weighted by atomic mass is 15.1. The van der Waals surface area contributed by atoms with Crippen molar-refractivity contribution in [3.05, 3.63) is 65.5 Å². The van der Waals surface area contributed by atoms with Crippen LogP contribution in [0.1, 0.15) is 22.4 Å². The van der Waals surface area contributed by atoms with Crippen LogP contribution in [-0.2, 0) is 19.5 Å². The van der Waals surface area contributed by atoms with E-state index in [1.54, 1.807) is 6.33 Å². The largest absolute Gasteiger partial charge is 0.322 e. The van der Waals surface area contributed by atoms with Gasteiger partial charge in [0.25, 0.3) is 0 Å². The number of nitrogens with zero attached hydrogens (tertiary/aromatic N) is 5. The molecule has 0 atom stereocenters. The Labute approximate surface area is 128 Å². The fourth-order valence-electron chi connectivity index (χ4n) is 3.11. The van der Waals surface area contributed by atoms with Gasteiger partial charge in [-0.2, -0.15) is 5.26 Å². The molecule has 0 unspecified atom stereocenters. The Morgan fingerprint density at radius 3 is 3.18 bits per heavy atom. The Morgan fingerprint density at radius 1 is 1.32 bits per heavy atom. The summed E-state index contributed by atoms with van der Waals surface area (Å²) in [5.74, 6) is 0. The SMILES string of the molecule is N#Cc1c(CN2CCc3cncnc3C2)cn2ccccc12. The predicted octanol–water partition coefficient (Wildman–Crippen LogP) is 2.16. The molecule has 108 valence electrons. The Morgan fingerprint density at radius 2 is 2.27 bits per heavy atom. The van der Waals surface area contributed by atoms with Crippen molar-refractivity contribution in [2.45, 2.75) is 19.5 Å². The predicted molar refractivity (Wildman–Crippen MR) is 82.0 cm³/mol. The van der Waals surface area contributed by atoms with Crippen LogP contribution >= 0.6 is 0 Å². The Kier molecular flexibility index (Phi) is 3.10. The normalized spacial score (nSPS) is 14.7. The molecule has 0 saturated heterocycles. The van der Waals surface area contributed by atoms with E-state index in [9.17, 15) is 5.26 Å². The number of pyridine rings is 1. The molecule has 5 heteroatoms. The van der Waals surface area contributed by atoms with E-state index in [0.717, 1.165) is 48.4 Å². The van der Waals surface area contributed by atoms with E-state index >= 15 is 0 Å². The molecule has 0 spiro atoms. The summed E-state index contributed by atoms with van der Waals surface area (Å²) in [6.45, 7) is 2.56. The van der Waals surface area contributed by atoms with Crippen molar-refractivity contribution in [1.82, 2.24) is 19.3 Å². The van der Waals surface area contributed by atoms with Gasteiger partial charge in [0.1, 0.15) is 12.4 Å². The van der Waals surface area contributed by atoms with Crippen molar-refractivity contribution < 1.29 is 0 Å². The zero-order valence-corrected chi connectivity index (χ0v) is 12.1. The molecule has 1 aliphatic heterocycles. The van der Waals surface area contributed by atoms with Crippen LogP contribution in [0.2, 0.25) is 0 Å². The van der Waals surface area contributed by atoms with Crippen LogP contribution in [0.3, 0.4) is 0 Å². The molecular formula is C17H15N5. The molecule has 0 fully saturated rings. The lowest BCUT2D eigenvalue weighted by molar-refractivity contribution is 0.241. The maximum atomic E-state index is 9.49. The van der Waals surface area contributed by atoms with Gasteiger partial charge in [0.2, 0.25) is 0 Å². The van der Waals surface area contributed by atoms with Gasteiger partial charge in [0.15, 0.2) is 0 Å². The summed E-state index contributed by atoms with van der Waals surface area (Å²) < 4.78 is 2.02. The van der Waals surface area contributed by atoms with Gasteiger partial charge >= 0.3 is 0 Å². The Hall–Kier alpha value is -2.71. The molecule has 1 aliphatic rings. The van der Waals surface area contributed by atoms with Gasteiger partial charge < -0.3 is 4.40 Å². The van der Waals surface area contributed by atoms with Gasteiger partial charge in [-0.25, -0.2) is 9.97 Å².